The fraction of sp³-hybridized carbons (Fsp3) is 0.571. The summed E-state index contributed by atoms with van der Waals surface area (Å²) in [5, 5.41) is 3.57. The van der Waals surface area contributed by atoms with Crippen molar-refractivity contribution in [1.29, 1.82) is 0 Å². The molecule has 0 bridgehead atoms. The van der Waals surface area contributed by atoms with Crippen molar-refractivity contribution in [3.05, 3.63) is 27.4 Å². The monoisotopic (exact) mass is 349 g/mol. The number of benzene rings is 1. The van der Waals surface area contributed by atoms with Gasteiger partial charge >= 0.3 is 0 Å². The van der Waals surface area contributed by atoms with Crippen molar-refractivity contribution in [1.82, 2.24) is 5.32 Å². The minimum Gasteiger partial charge on any atom is -0.491 e. The van der Waals surface area contributed by atoms with E-state index < -0.39 is 5.82 Å². The van der Waals surface area contributed by atoms with Crippen LogP contribution in [0.3, 0.4) is 0 Å². The molecule has 0 saturated heterocycles. The van der Waals surface area contributed by atoms with Gasteiger partial charge in [-0.1, -0.05) is 30.9 Å². The maximum atomic E-state index is 13.3. The van der Waals surface area contributed by atoms with Crippen molar-refractivity contribution >= 4 is 27.5 Å². The Hall–Kier alpha value is -0.320. The van der Waals surface area contributed by atoms with Gasteiger partial charge in [-0.15, -0.1) is 0 Å². The first-order valence-corrected chi connectivity index (χ1v) is 7.84. The summed E-state index contributed by atoms with van der Waals surface area (Å²) in [6, 6.07) is 3.44. The summed E-state index contributed by atoms with van der Waals surface area (Å²) < 4.78 is 19.5. The third-order valence-electron chi connectivity index (χ3n) is 3.37. The van der Waals surface area contributed by atoms with E-state index >= 15 is 0 Å². The summed E-state index contributed by atoms with van der Waals surface area (Å²) in [6.45, 7) is 1.30. The lowest BCUT2D eigenvalue weighted by molar-refractivity contribution is 0.287. The molecule has 0 radical (unpaired) electrons. The second-order valence-electron chi connectivity index (χ2n) is 4.83. The average molecular weight is 351 g/mol. The summed E-state index contributed by atoms with van der Waals surface area (Å²) in [5.74, 6) is 0.0347. The molecule has 1 saturated carbocycles. The fourth-order valence-electron chi connectivity index (χ4n) is 2.35. The van der Waals surface area contributed by atoms with Gasteiger partial charge in [-0.2, -0.15) is 0 Å². The minimum atomic E-state index is -0.458. The number of rotatable bonds is 5. The van der Waals surface area contributed by atoms with E-state index in [9.17, 15) is 4.39 Å². The van der Waals surface area contributed by atoms with Crippen LogP contribution in [-0.4, -0.2) is 19.2 Å². The lowest BCUT2D eigenvalue weighted by Gasteiger charge is -2.22. The Morgan fingerprint density at radius 1 is 1.32 bits per heavy atom. The summed E-state index contributed by atoms with van der Waals surface area (Å²) in [7, 11) is 0. The number of ether oxygens (including phenoxy) is 1. The quantitative estimate of drug-likeness (QED) is 0.621. The molecule has 1 aromatic carbocycles. The largest absolute Gasteiger partial charge is 0.491 e. The Labute approximate surface area is 126 Å². The van der Waals surface area contributed by atoms with Gasteiger partial charge in [0.2, 0.25) is 0 Å². The van der Waals surface area contributed by atoms with Crippen LogP contribution in [0.5, 0.6) is 5.75 Å². The van der Waals surface area contributed by atoms with Crippen LogP contribution in [0.1, 0.15) is 32.1 Å². The van der Waals surface area contributed by atoms with E-state index in [2.05, 4.69) is 21.2 Å². The molecule has 0 unspecified atom stereocenters. The average Bonchev–Trinajstić information content (AvgIpc) is 2.41. The SMILES string of the molecule is Fc1cc(OCCNC2CCCCC2)c(Br)cc1Cl. The zero-order valence-corrected chi connectivity index (χ0v) is 13.1. The van der Waals surface area contributed by atoms with Crippen molar-refractivity contribution in [3.63, 3.8) is 0 Å². The Kier molecular flexibility index (Phi) is 5.92. The van der Waals surface area contributed by atoms with Crippen LogP contribution < -0.4 is 10.1 Å². The van der Waals surface area contributed by atoms with Crippen molar-refractivity contribution in [3.8, 4) is 5.75 Å². The van der Waals surface area contributed by atoms with Crippen molar-refractivity contribution in [2.45, 2.75) is 38.1 Å². The Bertz CT molecular complexity index is 424. The molecule has 2 nitrogen and oxygen atoms in total. The second-order valence-corrected chi connectivity index (χ2v) is 6.10. The zero-order valence-electron chi connectivity index (χ0n) is 10.7. The van der Waals surface area contributed by atoms with E-state index in [1.54, 1.807) is 0 Å². The molecule has 106 valence electrons. The summed E-state index contributed by atoms with van der Waals surface area (Å²) in [6.07, 6.45) is 6.48. The van der Waals surface area contributed by atoms with Crippen LogP contribution in [0, 0.1) is 5.82 Å². The van der Waals surface area contributed by atoms with Crippen LogP contribution in [0.4, 0.5) is 4.39 Å². The van der Waals surface area contributed by atoms with Crippen LogP contribution in [-0.2, 0) is 0 Å². The molecule has 1 aliphatic rings. The second kappa shape index (κ2) is 7.46. The van der Waals surface area contributed by atoms with Crippen LogP contribution in [0.15, 0.2) is 16.6 Å². The number of halogens is 3. The first kappa shape index (κ1) is 15.1. The molecule has 5 heteroatoms. The first-order chi connectivity index (χ1) is 9.16. The molecule has 0 amide bonds. The molecule has 19 heavy (non-hydrogen) atoms. The zero-order chi connectivity index (χ0) is 13.7. The van der Waals surface area contributed by atoms with Gasteiger partial charge in [0.05, 0.1) is 9.50 Å². The lowest BCUT2D eigenvalue weighted by atomic mass is 9.96. The maximum absolute atomic E-state index is 13.3. The van der Waals surface area contributed by atoms with E-state index in [0.717, 1.165) is 6.54 Å². The molecular weight excluding hydrogens is 333 g/mol. The van der Waals surface area contributed by atoms with Gasteiger partial charge in [0.1, 0.15) is 18.2 Å². The van der Waals surface area contributed by atoms with Gasteiger partial charge in [0.25, 0.3) is 0 Å². The highest BCUT2D eigenvalue weighted by Gasteiger charge is 2.12. The molecule has 0 heterocycles. The summed E-state index contributed by atoms with van der Waals surface area (Å²) in [4.78, 5) is 0. The van der Waals surface area contributed by atoms with Gasteiger partial charge in [0, 0.05) is 18.7 Å². The molecule has 0 aliphatic heterocycles. The normalized spacial score (nSPS) is 16.6. The van der Waals surface area contributed by atoms with Gasteiger partial charge in [-0.25, -0.2) is 4.39 Å². The minimum absolute atomic E-state index is 0.0968. The predicted octanol–water partition coefficient (Wildman–Crippen LogP) is 4.54. The van der Waals surface area contributed by atoms with Crippen molar-refractivity contribution in [2.24, 2.45) is 0 Å². The van der Waals surface area contributed by atoms with E-state index in [1.807, 2.05) is 0 Å². The number of hydrogen-bond donors (Lipinski definition) is 1. The van der Waals surface area contributed by atoms with Crippen molar-refractivity contribution in [2.75, 3.05) is 13.2 Å². The van der Waals surface area contributed by atoms with Crippen LogP contribution >= 0.6 is 27.5 Å². The third kappa shape index (κ3) is 4.62. The standard InChI is InChI=1S/C14H18BrClFNO/c15-11-8-12(16)13(17)9-14(11)19-7-6-18-10-4-2-1-3-5-10/h8-10,18H,1-7H2. The van der Waals surface area contributed by atoms with Gasteiger partial charge < -0.3 is 10.1 Å². The lowest BCUT2D eigenvalue weighted by Crippen LogP contribution is -2.34. The highest BCUT2D eigenvalue weighted by molar-refractivity contribution is 9.10. The topological polar surface area (TPSA) is 21.3 Å². The van der Waals surface area contributed by atoms with E-state index in [-0.39, 0.29) is 5.02 Å². The predicted molar refractivity (Wildman–Crippen MR) is 79.5 cm³/mol. The van der Waals surface area contributed by atoms with Gasteiger partial charge in [0.15, 0.2) is 0 Å². The molecule has 1 aliphatic carbocycles. The fourth-order valence-corrected chi connectivity index (χ4v) is 3.10. The molecule has 2 rings (SSSR count). The highest BCUT2D eigenvalue weighted by Crippen LogP contribution is 2.30. The number of nitrogens with one attached hydrogen (secondary N) is 1. The molecule has 1 N–H and O–H groups in total. The van der Waals surface area contributed by atoms with Crippen molar-refractivity contribution < 1.29 is 9.13 Å². The van der Waals surface area contributed by atoms with Gasteiger partial charge in [-0.3, -0.25) is 0 Å². The molecule has 0 atom stereocenters. The Balaban J connectivity index is 1.74. The van der Waals surface area contributed by atoms with E-state index in [0.29, 0.717) is 22.9 Å². The molecule has 1 fully saturated rings. The van der Waals surface area contributed by atoms with Crippen LogP contribution in [0.2, 0.25) is 5.02 Å². The summed E-state index contributed by atoms with van der Waals surface area (Å²) in [5.41, 5.74) is 0. The number of hydrogen-bond acceptors (Lipinski definition) is 2. The third-order valence-corrected chi connectivity index (χ3v) is 4.28. The first-order valence-electron chi connectivity index (χ1n) is 6.67. The maximum Gasteiger partial charge on any atom is 0.145 e. The Morgan fingerprint density at radius 2 is 2.05 bits per heavy atom. The molecule has 0 aromatic heterocycles. The van der Waals surface area contributed by atoms with Gasteiger partial charge in [-0.05, 0) is 34.8 Å². The smallest absolute Gasteiger partial charge is 0.145 e. The molecule has 0 spiro atoms. The molecule has 1 aromatic rings. The van der Waals surface area contributed by atoms with E-state index in [1.165, 1.54) is 44.2 Å². The van der Waals surface area contributed by atoms with E-state index in [4.69, 9.17) is 16.3 Å². The highest BCUT2D eigenvalue weighted by atomic mass is 79.9. The van der Waals surface area contributed by atoms with Crippen LogP contribution in [0.25, 0.3) is 0 Å². The molecular formula is C14H18BrClFNO. The summed E-state index contributed by atoms with van der Waals surface area (Å²) >= 11 is 8.99. The Morgan fingerprint density at radius 3 is 2.79 bits per heavy atom.